The lowest BCUT2D eigenvalue weighted by Gasteiger charge is -2.09. The molecule has 1 rings (SSSR count). The first kappa shape index (κ1) is 12.8. The number of benzene rings is 1. The van der Waals surface area contributed by atoms with Crippen LogP contribution >= 0.6 is 0 Å². The van der Waals surface area contributed by atoms with Crippen LogP contribution in [0.25, 0.3) is 0 Å². The number of hydrogen-bond donors (Lipinski definition) is 0. The summed E-state index contributed by atoms with van der Waals surface area (Å²) in [6, 6.07) is 8.06. The number of rotatable bonds is 6. The van der Waals surface area contributed by atoms with E-state index in [2.05, 4.69) is 19.9 Å². The molecule has 0 N–H and O–H groups in total. The Morgan fingerprint density at radius 1 is 1.38 bits per heavy atom. The summed E-state index contributed by atoms with van der Waals surface area (Å²) < 4.78 is 5.55. The van der Waals surface area contributed by atoms with Crippen LogP contribution in [0.1, 0.15) is 45.1 Å². The highest BCUT2D eigenvalue weighted by atomic mass is 16.5. The van der Waals surface area contributed by atoms with E-state index in [1.165, 1.54) is 5.56 Å². The van der Waals surface area contributed by atoms with E-state index >= 15 is 0 Å². The van der Waals surface area contributed by atoms with Gasteiger partial charge in [-0.05, 0) is 23.6 Å². The average molecular weight is 220 g/mol. The van der Waals surface area contributed by atoms with Crippen LogP contribution in [0, 0.1) is 0 Å². The average Bonchev–Trinajstić information content (AvgIpc) is 2.29. The van der Waals surface area contributed by atoms with Crippen LogP contribution in [0.15, 0.2) is 24.3 Å². The molecule has 2 heteroatoms. The second-order valence-electron chi connectivity index (χ2n) is 4.22. The van der Waals surface area contributed by atoms with Crippen molar-refractivity contribution in [3.63, 3.8) is 0 Å². The molecule has 0 spiro atoms. The maximum Gasteiger partial charge on any atom is 0.136 e. The number of ketones is 1. The standard InChI is InChI=1S/C14H20O2/c1-4-13(15)8-9-16-14-7-5-6-12(10-14)11(2)3/h5-7,10-11H,4,8-9H2,1-3H3. The van der Waals surface area contributed by atoms with Gasteiger partial charge in [0.15, 0.2) is 0 Å². The highest BCUT2D eigenvalue weighted by Crippen LogP contribution is 2.20. The van der Waals surface area contributed by atoms with E-state index in [0.717, 1.165) is 5.75 Å². The fourth-order valence-corrected chi connectivity index (χ4v) is 1.42. The van der Waals surface area contributed by atoms with Crippen molar-refractivity contribution in [2.75, 3.05) is 6.61 Å². The molecule has 0 aliphatic heterocycles. The van der Waals surface area contributed by atoms with Gasteiger partial charge in [-0.2, -0.15) is 0 Å². The third kappa shape index (κ3) is 4.05. The Morgan fingerprint density at radius 3 is 2.75 bits per heavy atom. The molecular formula is C14H20O2. The predicted octanol–water partition coefficient (Wildman–Crippen LogP) is 3.56. The number of carbonyl (C=O) groups is 1. The maximum absolute atomic E-state index is 11.1. The van der Waals surface area contributed by atoms with E-state index < -0.39 is 0 Å². The Hall–Kier alpha value is -1.31. The van der Waals surface area contributed by atoms with Crippen LogP contribution in [0.3, 0.4) is 0 Å². The summed E-state index contributed by atoms with van der Waals surface area (Å²) in [6.45, 7) is 6.66. The van der Waals surface area contributed by atoms with E-state index in [4.69, 9.17) is 4.74 Å². The lowest BCUT2D eigenvalue weighted by Crippen LogP contribution is -2.05. The molecule has 1 aromatic carbocycles. The van der Waals surface area contributed by atoms with Crippen molar-refractivity contribution in [2.45, 2.75) is 39.5 Å². The van der Waals surface area contributed by atoms with Crippen molar-refractivity contribution in [3.8, 4) is 5.75 Å². The van der Waals surface area contributed by atoms with E-state index in [1.54, 1.807) is 0 Å². The van der Waals surface area contributed by atoms with Gasteiger partial charge in [0.25, 0.3) is 0 Å². The van der Waals surface area contributed by atoms with Gasteiger partial charge in [-0.15, -0.1) is 0 Å². The minimum atomic E-state index is 0.250. The Morgan fingerprint density at radius 2 is 2.12 bits per heavy atom. The lowest BCUT2D eigenvalue weighted by atomic mass is 10.0. The molecule has 1 aromatic rings. The summed E-state index contributed by atoms with van der Waals surface area (Å²) in [5.74, 6) is 1.61. The van der Waals surface area contributed by atoms with Gasteiger partial charge in [-0.25, -0.2) is 0 Å². The first-order valence-electron chi connectivity index (χ1n) is 5.88. The Labute approximate surface area is 97.6 Å². The quantitative estimate of drug-likeness (QED) is 0.732. The molecule has 0 saturated carbocycles. The van der Waals surface area contributed by atoms with E-state index in [9.17, 15) is 4.79 Å². The zero-order chi connectivity index (χ0) is 12.0. The van der Waals surface area contributed by atoms with Crippen molar-refractivity contribution < 1.29 is 9.53 Å². The number of hydrogen-bond acceptors (Lipinski definition) is 2. The molecule has 2 nitrogen and oxygen atoms in total. The van der Waals surface area contributed by atoms with Gasteiger partial charge in [0.2, 0.25) is 0 Å². The molecule has 0 heterocycles. The second kappa shape index (κ2) is 6.31. The minimum absolute atomic E-state index is 0.250. The van der Waals surface area contributed by atoms with Crippen molar-refractivity contribution in [1.82, 2.24) is 0 Å². The van der Waals surface area contributed by atoms with E-state index in [0.29, 0.717) is 25.4 Å². The third-order valence-electron chi connectivity index (χ3n) is 2.57. The molecule has 0 aromatic heterocycles. The van der Waals surface area contributed by atoms with Crippen LogP contribution in [-0.2, 0) is 4.79 Å². The molecule has 16 heavy (non-hydrogen) atoms. The second-order valence-corrected chi connectivity index (χ2v) is 4.22. The molecule has 0 fully saturated rings. The number of Topliss-reactive ketones (excluding diaryl/α,β-unsaturated/α-hetero) is 1. The molecule has 0 aliphatic carbocycles. The largest absolute Gasteiger partial charge is 0.493 e. The summed E-state index contributed by atoms with van der Waals surface area (Å²) in [7, 11) is 0. The Balaban J connectivity index is 2.48. The number of ether oxygens (including phenoxy) is 1. The van der Waals surface area contributed by atoms with E-state index in [1.807, 2.05) is 25.1 Å². The summed E-state index contributed by atoms with van der Waals surface area (Å²) in [6.07, 6.45) is 1.10. The fraction of sp³-hybridized carbons (Fsp3) is 0.500. The van der Waals surface area contributed by atoms with Crippen LogP contribution in [0.5, 0.6) is 5.75 Å². The molecule has 0 unspecified atom stereocenters. The first-order chi connectivity index (χ1) is 7.63. The third-order valence-corrected chi connectivity index (χ3v) is 2.57. The fourth-order valence-electron chi connectivity index (χ4n) is 1.42. The Kier molecular flexibility index (Phi) is 5.03. The summed E-state index contributed by atoms with van der Waals surface area (Å²) in [4.78, 5) is 11.1. The zero-order valence-electron chi connectivity index (χ0n) is 10.3. The monoisotopic (exact) mass is 220 g/mol. The van der Waals surface area contributed by atoms with Gasteiger partial charge in [-0.3, -0.25) is 4.79 Å². The van der Waals surface area contributed by atoms with Crippen LogP contribution < -0.4 is 4.74 Å². The van der Waals surface area contributed by atoms with Crippen molar-refractivity contribution in [1.29, 1.82) is 0 Å². The topological polar surface area (TPSA) is 26.3 Å². The molecule has 0 amide bonds. The molecule has 0 bridgehead atoms. The normalized spacial score (nSPS) is 10.5. The lowest BCUT2D eigenvalue weighted by molar-refractivity contribution is -0.119. The smallest absolute Gasteiger partial charge is 0.136 e. The molecule has 0 saturated heterocycles. The highest BCUT2D eigenvalue weighted by molar-refractivity contribution is 5.78. The van der Waals surface area contributed by atoms with Crippen molar-refractivity contribution >= 4 is 5.78 Å². The van der Waals surface area contributed by atoms with E-state index in [-0.39, 0.29) is 5.78 Å². The number of carbonyl (C=O) groups excluding carboxylic acids is 1. The summed E-state index contributed by atoms with van der Waals surface area (Å²) in [5.41, 5.74) is 1.26. The summed E-state index contributed by atoms with van der Waals surface area (Å²) >= 11 is 0. The zero-order valence-corrected chi connectivity index (χ0v) is 10.3. The molecule has 0 atom stereocenters. The minimum Gasteiger partial charge on any atom is -0.493 e. The molecule has 0 aliphatic rings. The van der Waals surface area contributed by atoms with Gasteiger partial charge in [0.05, 0.1) is 6.61 Å². The first-order valence-corrected chi connectivity index (χ1v) is 5.88. The highest BCUT2D eigenvalue weighted by Gasteiger charge is 2.02. The van der Waals surface area contributed by atoms with Gasteiger partial charge >= 0.3 is 0 Å². The van der Waals surface area contributed by atoms with Gasteiger partial charge in [0, 0.05) is 12.8 Å². The van der Waals surface area contributed by atoms with Crippen LogP contribution in [-0.4, -0.2) is 12.4 Å². The van der Waals surface area contributed by atoms with Crippen molar-refractivity contribution in [3.05, 3.63) is 29.8 Å². The Bertz CT molecular complexity index is 342. The molecule has 0 radical (unpaired) electrons. The maximum atomic E-state index is 11.1. The van der Waals surface area contributed by atoms with Gasteiger partial charge in [-0.1, -0.05) is 32.9 Å². The SMILES string of the molecule is CCC(=O)CCOc1cccc(C(C)C)c1. The molecular weight excluding hydrogens is 200 g/mol. The van der Waals surface area contributed by atoms with Gasteiger partial charge < -0.3 is 4.74 Å². The molecule has 88 valence electrons. The van der Waals surface area contributed by atoms with Crippen LogP contribution in [0.4, 0.5) is 0 Å². The predicted molar refractivity (Wildman–Crippen MR) is 65.9 cm³/mol. The van der Waals surface area contributed by atoms with Gasteiger partial charge in [0.1, 0.15) is 11.5 Å². The summed E-state index contributed by atoms with van der Waals surface area (Å²) in [5, 5.41) is 0. The van der Waals surface area contributed by atoms with Crippen molar-refractivity contribution in [2.24, 2.45) is 0 Å². The van der Waals surface area contributed by atoms with Crippen LogP contribution in [0.2, 0.25) is 0 Å².